The van der Waals surface area contributed by atoms with Crippen molar-refractivity contribution in [3.63, 3.8) is 0 Å². The van der Waals surface area contributed by atoms with Gasteiger partial charge in [-0.1, -0.05) is 42.5 Å². The van der Waals surface area contributed by atoms with Crippen molar-refractivity contribution < 1.29 is 14.3 Å². The molecule has 1 aliphatic rings. The number of nitrogens with zero attached hydrogens (tertiary/aromatic N) is 3. The first kappa shape index (κ1) is 20.9. The van der Waals surface area contributed by atoms with Gasteiger partial charge in [-0.25, -0.2) is 4.98 Å². The van der Waals surface area contributed by atoms with Crippen LogP contribution in [0, 0.1) is 0 Å². The van der Waals surface area contributed by atoms with Gasteiger partial charge in [0.15, 0.2) is 5.65 Å². The van der Waals surface area contributed by atoms with E-state index in [0.717, 1.165) is 22.4 Å². The number of fused-ring (bicyclic) bond motifs is 1. The molecule has 2 amide bonds. The summed E-state index contributed by atoms with van der Waals surface area (Å²) in [6.07, 6.45) is 3.82. The number of carbonyl (C=O) groups excluding carboxylic acids is 2. The maximum absolute atomic E-state index is 12.8. The summed E-state index contributed by atoms with van der Waals surface area (Å²) >= 11 is 0. The number of pyridine rings is 1. The van der Waals surface area contributed by atoms with Gasteiger partial charge in [-0.3, -0.25) is 14.0 Å². The molecular formula is C26H24N4O3. The molecule has 0 bridgehead atoms. The summed E-state index contributed by atoms with van der Waals surface area (Å²) in [5, 5.41) is 2.90. The van der Waals surface area contributed by atoms with Gasteiger partial charge in [-0.05, 0) is 23.8 Å². The molecule has 2 aromatic carbocycles. The van der Waals surface area contributed by atoms with Crippen LogP contribution in [0.1, 0.15) is 17.3 Å². The monoisotopic (exact) mass is 440 g/mol. The third kappa shape index (κ3) is 4.23. The van der Waals surface area contributed by atoms with Crippen molar-refractivity contribution in [2.75, 3.05) is 31.6 Å². The van der Waals surface area contributed by atoms with E-state index in [-0.39, 0.29) is 11.8 Å². The number of amides is 2. The number of morpholine rings is 1. The number of carbonyl (C=O) groups is 2. The maximum Gasteiger partial charge on any atom is 0.254 e. The average molecular weight is 441 g/mol. The Morgan fingerprint density at radius 3 is 2.36 bits per heavy atom. The van der Waals surface area contributed by atoms with Crippen LogP contribution < -0.4 is 5.32 Å². The first-order valence-corrected chi connectivity index (χ1v) is 10.9. The highest BCUT2D eigenvalue weighted by Gasteiger charge is 2.19. The molecule has 7 heteroatoms. The first-order chi connectivity index (χ1) is 16.1. The van der Waals surface area contributed by atoms with Gasteiger partial charge in [0.25, 0.3) is 5.91 Å². The second-order valence-electron chi connectivity index (χ2n) is 8.01. The van der Waals surface area contributed by atoms with E-state index in [2.05, 4.69) is 10.3 Å². The molecule has 1 N–H and O–H groups in total. The lowest BCUT2D eigenvalue weighted by Crippen LogP contribution is -2.40. The fourth-order valence-electron chi connectivity index (χ4n) is 4.10. The van der Waals surface area contributed by atoms with Gasteiger partial charge in [-0.15, -0.1) is 0 Å². The Morgan fingerprint density at radius 1 is 0.939 bits per heavy atom. The molecular weight excluding hydrogens is 416 g/mol. The molecule has 2 aromatic heterocycles. The van der Waals surface area contributed by atoms with Crippen molar-refractivity contribution in [3.8, 4) is 22.4 Å². The van der Waals surface area contributed by atoms with Crippen LogP contribution in [0.2, 0.25) is 0 Å². The predicted molar refractivity (Wildman–Crippen MR) is 127 cm³/mol. The van der Waals surface area contributed by atoms with E-state index in [1.54, 1.807) is 0 Å². The van der Waals surface area contributed by atoms with Crippen LogP contribution in [-0.2, 0) is 9.53 Å². The number of rotatable bonds is 4. The van der Waals surface area contributed by atoms with E-state index in [0.29, 0.717) is 43.2 Å². The van der Waals surface area contributed by atoms with Gasteiger partial charge in [-0.2, -0.15) is 0 Å². The lowest BCUT2D eigenvalue weighted by atomic mass is 10.0. The van der Waals surface area contributed by atoms with Crippen molar-refractivity contribution in [1.82, 2.24) is 14.3 Å². The van der Waals surface area contributed by atoms with Gasteiger partial charge in [0.1, 0.15) is 0 Å². The topological polar surface area (TPSA) is 75.9 Å². The van der Waals surface area contributed by atoms with Crippen LogP contribution in [0.5, 0.6) is 0 Å². The predicted octanol–water partition coefficient (Wildman–Crippen LogP) is 4.10. The lowest BCUT2D eigenvalue weighted by Gasteiger charge is -2.26. The van der Waals surface area contributed by atoms with Gasteiger partial charge < -0.3 is 15.0 Å². The van der Waals surface area contributed by atoms with Crippen molar-refractivity contribution >= 4 is 23.1 Å². The Bertz CT molecular complexity index is 1310. The molecule has 4 aromatic rings. The third-order valence-corrected chi connectivity index (χ3v) is 5.75. The summed E-state index contributed by atoms with van der Waals surface area (Å²) in [6, 6.07) is 19.5. The largest absolute Gasteiger partial charge is 0.378 e. The maximum atomic E-state index is 12.8. The molecule has 0 saturated carbocycles. The molecule has 0 aliphatic carbocycles. The molecule has 0 atom stereocenters. The van der Waals surface area contributed by atoms with E-state index in [1.807, 2.05) is 82.4 Å². The number of hydrogen-bond donors (Lipinski definition) is 1. The SMILES string of the molecule is CC(=O)Nc1cc(-c2ccc(C(=O)N3CCOCC3)cc2)cn2c(-c3ccccc3)cnc12. The second kappa shape index (κ2) is 8.88. The van der Waals surface area contributed by atoms with Crippen molar-refractivity contribution in [3.05, 3.63) is 78.6 Å². The summed E-state index contributed by atoms with van der Waals surface area (Å²) in [6.45, 7) is 3.85. The molecule has 3 heterocycles. The Hall–Kier alpha value is -3.97. The van der Waals surface area contributed by atoms with E-state index < -0.39 is 0 Å². The van der Waals surface area contributed by atoms with E-state index in [1.165, 1.54) is 6.92 Å². The van der Waals surface area contributed by atoms with Crippen LogP contribution in [0.15, 0.2) is 73.1 Å². The molecule has 166 valence electrons. The molecule has 0 radical (unpaired) electrons. The standard InChI is InChI=1S/C26H24N4O3/c1-18(31)28-23-15-22(17-30-24(16-27-25(23)30)20-5-3-2-4-6-20)19-7-9-21(10-8-19)26(32)29-11-13-33-14-12-29/h2-10,15-17H,11-14H2,1H3,(H,28,31). The highest BCUT2D eigenvalue weighted by Crippen LogP contribution is 2.30. The number of nitrogens with one attached hydrogen (secondary N) is 1. The third-order valence-electron chi connectivity index (χ3n) is 5.75. The van der Waals surface area contributed by atoms with Crippen LogP contribution in [0.25, 0.3) is 28.0 Å². The Balaban J connectivity index is 1.54. The van der Waals surface area contributed by atoms with Gasteiger partial charge in [0, 0.05) is 42.9 Å². The summed E-state index contributed by atoms with van der Waals surface area (Å²) in [5.74, 6) is -0.148. The molecule has 7 nitrogen and oxygen atoms in total. The Kier molecular flexibility index (Phi) is 5.62. The van der Waals surface area contributed by atoms with Crippen molar-refractivity contribution in [2.24, 2.45) is 0 Å². The summed E-state index contributed by atoms with van der Waals surface area (Å²) < 4.78 is 7.33. The highest BCUT2D eigenvalue weighted by atomic mass is 16.5. The number of hydrogen-bond acceptors (Lipinski definition) is 4. The zero-order valence-electron chi connectivity index (χ0n) is 18.3. The normalized spacial score (nSPS) is 13.8. The second-order valence-corrected chi connectivity index (χ2v) is 8.01. The number of ether oxygens (including phenoxy) is 1. The molecule has 5 rings (SSSR count). The smallest absolute Gasteiger partial charge is 0.254 e. The number of imidazole rings is 1. The summed E-state index contributed by atoms with van der Waals surface area (Å²) in [4.78, 5) is 31.0. The molecule has 1 fully saturated rings. The van der Waals surface area contributed by atoms with Crippen LogP contribution >= 0.6 is 0 Å². The van der Waals surface area contributed by atoms with Crippen LogP contribution in [0.4, 0.5) is 5.69 Å². The molecule has 1 aliphatic heterocycles. The molecule has 1 saturated heterocycles. The highest BCUT2D eigenvalue weighted by molar-refractivity contribution is 5.96. The number of anilines is 1. The van der Waals surface area contributed by atoms with Crippen LogP contribution in [-0.4, -0.2) is 52.4 Å². The molecule has 33 heavy (non-hydrogen) atoms. The fourth-order valence-corrected chi connectivity index (χ4v) is 4.10. The van der Waals surface area contributed by atoms with E-state index >= 15 is 0 Å². The van der Waals surface area contributed by atoms with E-state index in [4.69, 9.17) is 4.74 Å². The van der Waals surface area contributed by atoms with Gasteiger partial charge in [0.2, 0.25) is 5.91 Å². The van der Waals surface area contributed by atoms with Gasteiger partial charge in [0.05, 0.1) is 30.8 Å². The van der Waals surface area contributed by atoms with E-state index in [9.17, 15) is 9.59 Å². The quantitative estimate of drug-likeness (QED) is 0.518. The van der Waals surface area contributed by atoms with Crippen molar-refractivity contribution in [1.29, 1.82) is 0 Å². The minimum absolute atomic E-state index is 0.0141. The first-order valence-electron chi connectivity index (χ1n) is 10.9. The van der Waals surface area contributed by atoms with Crippen molar-refractivity contribution in [2.45, 2.75) is 6.92 Å². The van der Waals surface area contributed by atoms with Gasteiger partial charge >= 0.3 is 0 Å². The summed E-state index contributed by atoms with van der Waals surface area (Å²) in [7, 11) is 0. The molecule has 0 spiro atoms. The lowest BCUT2D eigenvalue weighted by molar-refractivity contribution is -0.114. The Labute approximate surface area is 191 Å². The Morgan fingerprint density at radius 2 is 1.67 bits per heavy atom. The number of aromatic nitrogens is 2. The average Bonchev–Trinajstić information content (AvgIpc) is 3.29. The minimum atomic E-state index is -0.162. The zero-order valence-corrected chi connectivity index (χ0v) is 18.3. The number of benzene rings is 2. The minimum Gasteiger partial charge on any atom is -0.378 e. The summed E-state index contributed by atoms with van der Waals surface area (Å²) in [5.41, 5.74) is 5.76. The molecule has 0 unspecified atom stereocenters. The van der Waals surface area contributed by atoms with Crippen LogP contribution in [0.3, 0.4) is 0 Å². The fraction of sp³-hybridized carbons (Fsp3) is 0.192. The zero-order chi connectivity index (χ0) is 22.8.